The molecule has 0 aliphatic heterocycles. The van der Waals surface area contributed by atoms with E-state index in [4.69, 9.17) is 14.7 Å². The summed E-state index contributed by atoms with van der Waals surface area (Å²) in [5.41, 5.74) is 2.92. The van der Waals surface area contributed by atoms with Gasteiger partial charge in [-0.3, -0.25) is 0 Å². The Morgan fingerprint density at radius 3 is 2.64 bits per heavy atom. The summed E-state index contributed by atoms with van der Waals surface area (Å²) >= 11 is 0. The second kappa shape index (κ2) is 5.47. The summed E-state index contributed by atoms with van der Waals surface area (Å²) in [4.78, 5) is 0. The third kappa shape index (κ3) is 2.37. The van der Waals surface area contributed by atoms with Crippen molar-refractivity contribution in [2.75, 3.05) is 13.7 Å². The first-order valence-corrected chi connectivity index (χ1v) is 4.49. The van der Waals surface area contributed by atoms with E-state index in [0.29, 0.717) is 18.9 Å². The molecule has 0 spiro atoms. The van der Waals surface area contributed by atoms with Crippen LogP contribution in [-0.2, 0) is 6.54 Å². The zero-order valence-electron chi connectivity index (χ0n) is 8.41. The van der Waals surface area contributed by atoms with Crippen LogP contribution in [0.5, 0.6) is 11.5 Å². The molecule has 0 radical (unpaired) electrons. The van der Waals surface area contributed by atoms with E-state index < -0.39 is 0 Å². The quantitative estimate of drug-likeness (QED) is 0.703. The third-order valence-corrected chi connectivity index (χ3v) is 1.87. The Balaban J connectivity index is 3.00. The molecule has 1 rings (SSSR count). The van der Waals surface area contributed by atoms with Gasteiger partial charge in [-0.05, 0) is 19.1 Å². The van der Waals surface area contributed by atoms with E-state index >= 15 is 0 Å². The number of benzene rings is 1. The topological polar surface area (TPSA) is 50.7 Å². The summed E-state index contributed by atoms with van der Waals surface area (Å²) in [6.45, 7) is 2.81. The lowest BCUT2D eigenvalue weighted by atomic mass is 10.2. The van der Waals surface area contributed by atoms with Gasteiger partial charge in [0.2, 0.25) is 0 Å². The van der Waals surface area contributed by atoms with Crippen LogP contribution in [-0.4, -0.2) is 18.9 Å². The second-order valence-electron chi connectivity index (χ2n) is 2.70. The van der Waals surface area contributed by atoms with Crippen LogP contribution in [0.2, 0.25) is 0 Å². The minimum absolute atomic E-state index is 0.305. The van der Waals surface area contributed by atoms with Gasteiger partial charge in [0, 0.05) is 0 Å². The molecule has 0 unspecified atom stereocenters. The molecule has 0 aliphatic rings. The molecule has 0 saturated carbocycles. The average molecular weight is 197 g/mol. The van der Waals surface area contributed by atoms with E-state index in [0.717, 1.165) is 11.3 Å². The summed E-state index contributed by atoms with van der Waals surface area (Å²) < 4.78 is 10.6. The fourth-order valence-electron chi connectivity index (χ4n) is 1.28. The maximum absolute atomic E-state index is 8.67. The normalized spacial score (nSPS) is 9.93. The highest BCUT2D eigenvalue weighted by atomic mass is 16.5. The minimum Gasteiger partial charge on any atom is -0.496 e. The minimum atomic E-state index is 0.305. The lowest BCUT2D eigenvalue weighted by Gasteiger charge is -2.12. The lowest BCUT2D eigenvalue weighted by molar-refractivity contribution is 0.158. The molecular formula is C10H15NO3. The first kappa shape index (κ1) is 10.8. The highest BCUT2D eigenvalue weighted by Gasteiger charge is 2.08. The van der Waals surface area contributed by atoms with Crippen molar-refractivity contribution in [3.05, 3.63) is 23.8 Å². The van der Waals surface area contributed by atoms with Crippen LogP contribution >= 0.6 is 0 Å². The van der Waals surface area contributed by atoms with Crippen LogP contribution < -0.4 is 15.0 Å². The van der Waals surface area contributed by atoms with Gasteiger partial charge in [-0.1, -0.05) is 6.07 Å². The van der Waals surface area contributed by atoms with Crippen LogP contribution in [0.15, 0.2) is 18.2 Å². The van der Waals surface area contributed by atoms with Gasteiger partial charge in [0.05, 0.1) is 25.8 Å². The number of hydroxylamine groups is 1. The van der Waals surface area contributed by atoms with Crippen molar-refractivity contribution in [3.8, 4) is 11.5 Å². The molecule has 14 heavy (non-hydrogen) atoms. The number of rotatable bonds is 5. The summed E-state index contributed by atoms with van der Waals surface area (Å²) in [5.74, 6) is 1.44. The highest BCUT2D eigenvalue weighted by molar-refractivity contribution is 5.44. The smallest absolute Gasteiger partial charge is 0.127 e. The molecule has 0 fully saturated rings. The SMILES string of the molecule is CCOc1cccc(OC)c1CNO. The lowest BCUT2D eigenvalue weighted by Crippen LogP contribution is -2.09. The largest absolute Gasteiger partial charge is 0.496 e. The maximum Gasteiger partial charge on any atom is 0.127 e. The van der Waals surface area contributed by atoms with Gasteiger partial charge in [0.1, 0.15) is 11.5 Å². The van der Waals surface area contributed by atoms with Crippen LogP contribution in [0, 0.1) is 0 Å². The number of hydrogen-bond acceptors (Lipinski definition) is 4. The summed E-state index contributed by atoms with van der Waals surface area (Å²) in [5, 5.41) is 8.67. The number of nitrogens with one attached hydrogen (secondary N) is 1. The fraction of sp³-hybridized carbons (Fsp3) is 0.400. The molecule has 0 heterocycles. The Kier molecular flexibility index (Phi) is 4.22. The fourth-order valence-corrected chi connectivity index (χ4v) is 1.28. The van der Waals surface area contributed by atoms with E-state index in [9.17, 15) is 0 Å². The molecule has 2 N–H and O–H groups in total. The first-order valence-electron chi connectivity index (χ1n) is 4.49. The molecule has 0 amide bonds. The van der Waals surface area contributed by atoms with Gasteiger partial charge in [-0.15, -0.1) is 0 Å². The molecule has 1 aromatic carbocycles. The average Bonchev–Trinajstić information content (AvgIpc) is 2.21. The Hall–Kier alpha value is -1.26. The molecule has 1 aromatic rings. The molecular weight excluding hydrogens is 182 g/mol. The number of ether oxygens (including phenoxy) is 2. The van der Waals surface area contributed by atoms with Crippen molar-refractivity contribution in [2.24, 2.45) is 0 Å². The van der Waals surface area contributed by atoms with E-state index in [1.54, 1.807) is 7.11 Å². The van der Waals surface area contributed by atoms with E-state index in [1.807, 2.05) is 25.1 Å². The molecule has 0 aliphatic carbocycles. The zero-order chi connectivity index (χ0) is 10.4. The van der Waals surface area contributed by atoms with E-state index in [1.165, 1.54) is 0 Å². The Bertz CT molecular complexity index is 289. The van der Waals surface area contributed by atoms with Crippen LogP contribution in [0.1, 0.15) is 12.5 Å². The van der Waals surface area contributed by atoms with Crippen LogP contribution in [0.3, 0.4) is 0 Å². The Labute approximate surface area is 83.4 Å². The molecule has 0 saturated heterocycles. The van der Waals surface area contributed by atoms with Crippen LogP contribution in [0.4, 0.5) is 0 Å². The second-order valence-corrected chi connectivity index (χ2v) is 2.70. The van der Waals surface area contributed by atoms with Gasteiger partial charge in [0.25, 0.3) is 0 Å². The highest BCUT2D eigenvalue weighted by Crippen LogP contribution is 2.27. The predicted octanol–water partition coefficient (Wildman–Crippen LogP) is 1.57. The Morgan fingerprint density at radius 2 is 2.07 bits per heavy atom. The van der Waals surface area contributed by atoms with Gasteiger partial charge in [-0.25, -0.2) is 5.48 Å². The van der Waals surface area contributed by atoms with Gasteiger partial charge in [0.15, 0.2) is 0 Å². The van der Waals surface area contributed by atoms with Gasteiger partial charge < -0.3 is 14.7 Å². The van der Waals surface area contributed by atoms with Crippen molar-refractivity contribution in [1.82, 2.24) is 5.48 Å². The monoisotopic (exact) mass is 197 g/mol. The van der Waals surface area contributed by atoms with Crippen molar-refractivity contribution < 1.29 is 14.7 Å². The van der Waals surface area contributed by atoms with Gasteiger partial charge in [-0.2, -0.15) is 0 Å². The molecule has 4 heteroatoms. The van der Waals surface area contributed by atoms with Crippen molar-refractivity contribution in [2.45, 2.75) is 13.5 Å². The summed E-state index contributed by atoms with van der Waals surface area (Å²) in [7, 11) is 1.59. The molecule has 0 bridgehead atoms. The van der Waals surface area contributed by atoms with Crippen LogP contribution in [0.25, 0.3) is 0 Å². The zero-order valence-corrected chi connectivity index (χ0v) is 8.41. The maximum atomic E-state index is 8.67. The number of hydrogen-bond donors (Lipinski definition) is 2. The summed E-state index contributed by atoms with van der Waals surface area (Å²) in [6, 6.07) is 5.53. The third-order valence-electron chi connectivity index (χ3n) is 1.87. The van der Waals surface area contributed by atoms with E-state index in [2.05, 4.69) is 5.48 Å². The molecule has 4 nitrogen and oxygen atoms in total. The van der Waals surface area contributed by atoms with Crippen molar-refractivity contribution >= 4 is 0 Å². The number of methoxy groups -OCH3 is 1. The molecule has 0 aromatic heterocycles. The van der Waals surface area contributed by atoms with Gasteiger partial charge >= 0.3 is 0 Å². The summed E-state index contributed by atoms with van der Waals surface area (Å²) in [6.07, 6.45) is 0. The molecule has 0 atom stereocenters. The Morgan fingerprint density at radius 1 is 1.36 bits per heavy atom. The molecule has 78 valence electrons. The first-order chi connectivity index (χ1) is 6.83. The van der Waals surface area contributed by atoms with Crippen molar-refractivity contribution in [3.63, 3.8) is 0 Å². The standard InChI is InChI=1S/C10H15NO3/c1-3-14-10-6-4-5-9(13-2)8(10)7-11-12/h4-6,11-12H,3,7H2,1-2H3. The van der Waals surface area contributed by atoms with E-state index in [-0.39, 0.29) is 0 Å². The predicted molar refractivity (Wildman–Crippen MR) is 52.8 cm³/mol. The van der Waals surface area contributed by atoms with Crippen molar-refractivity contribution in [1.29, 1.82) is 0 Å².